The van der Waals surface area contributed by atoms with Crippen molar-refractivity contribution in [3.8, 4) is 0 Å². The molecule has 0 radical (unpaired) electrons. The maximum atomic E-state index is 13.7. The fourth-order valence-electron chi connectivity index (χ4n) is 6.23. The Labute approximate surface area is 236 Å². The number of carbonyl (C=O) groups is 2. The van der Waals surface area contributed by atoms with Gasteiger partial charge in [0.15, 0.2) is 5.76 Å². The number of anilines is 1. The number of carbonyl (C=O) groups excluding carboxylic acids is 2. The summed E-state index contributed by atoms with van der Waals surface area (Å²) < 4.78 is 6.31. The summed E-state index contributed by atoms with van der Waals surface area (Å²) in [4.78, 5) is 33.1. The average molecular weight is 536 g/mol. The molecule has 40 heavy (non-hydrogen) atoms. The third kappa shape index (κ3) is 5.62. The standard InChI is InChI=1S/C34H37N3O3/c1-25-8-7-9-27(22-25)24-37-30-12-5-6-13-31(30)40-32(34(37)39)23-26-14-16-28(17-15-26)33(38)36-20-18-35(19-21-36)29-10-3-2-4-11-29/h2-4,7-11,14-17,22-23,30-31H,5-6,12-13,18-21,24H2,1H3/b32-23+. The highest BCUT2D eigenvalue weighted by molar-refractivity contribution is 5.97. The maximum absolute atomic E-state index is 13.7. The highest BCUT2D eigenvalue weighted by Gasteiger charge is 2.41. The van der Waals surface area contributed by atoms with Gasteiger partial charge in [0.2, 0.25) is 0 Å². The van der Waals surface area contributed by atoms with E-state index in [1.165, 1.54) is 11.3 Å². The lowest BCUT2D eigenvalue weighted by atomic mass is 9.89. The molecule has 206 valence electrons. The first kappa shape index (κ1) is 26.2. The second-order valence-electron chi connectivity index (χ2n) is 11.2. The lowest BCUT2D eigenvalue weighted by Gasteiger charge is -2.44. The second-order valence-corrected chi connectivity index (χ2v) is 11.2. The second kappa shape index (κ2) is 11.6. The molecule has 1 aliphatic carbocycles. The summed E-state index contributed by atoms with van der Waals surface area (Å²) in [6.07, 6.45) is 6.05. The lowest BCUT2D eigenvalue weighted by molar-refractivity contribution is -0.149. The molecule has 3 aliphatic rings. The van der Waals surface area contributed by atoms with E-state index in [1.54, 1.807) is 0 Å². The van der Waals surface area contributed by atoms with Crippen LogP contribution in [-0.2, 0) is 16.1 Å². The highest BCUT2D eigenvalue weighted by atomic mass is 16.5. The Balaban J connectivity index is 1.14. The van der Waals surface area contributed by atoms with Gasteiger partial charge in [0, 0.05) is 44.0 Å². The van der Waals surface area contributed by atoms with E-state index in [9.17, 15) is 9.59 Å². The van der Waals surface area contributed by atoms with Crippen molar-refractivity contribution in [3.63, 3.8) is 0 Å². The summed E-state index contributed by atoms with van der Waals surface area (Å²) in [7, 11) is 0. The van der Waals surface area contributed by atoms with Gasteiger partial charge < -0.3 is 19.4 Å². The van der Waals surface area contributed by atoms with Crippen LogP contribution in [0.2, 0.25) is 0 Å². The van der Waals surface area contributed by atoms with Crippen LogP contribution < -0.4 is 4.90 Å². The molecule has 1 saturated carbocycles. The third-order valence-corrected chi connectivity index (χ3v) is 8.40. The summed E-state index contributed by atoms with van der Waals surface area (Å²) in [6, 6.07) is 26.4. The molecule has 2 aliphatic heterocycles. The van der Waals surface area contributed by atoms with E-state index in [4.69, 9.17) is 4.74 Å². The van der Waals surface area contributed by atoms with Crippen molar-refractivity contribution in [2.45, 2.75) is 51.3 Å². The van der Waals surface area contributed by atoms with Gasteiger partial charge in [-0.15, -0.1) is 0 Å². The quantitative estimate of drug-likeness (QED) is 0.395. The summed E-state index contributed by atoms with van der Waals surface area (Å²) >= 11 is 0. The van der Waals surface area contributed by atoms with Crippen molar-refractivity contribution >= 4 is 23.6 Å². The number of hydrogen-bond donors (Lipinski definition) is 0. The van der Waals surface area contributed by atoms with Crippen molar-refractivity contribution < 1.29 is 14.3 Å². The molecular formula is C34H37N3O3. The first-order valence-electron chi connectivity index (χ1n) is 14.5. The van der Waals surface area contributed by atoms with Crippen LogP contribution in [0.25, 0.3) is 6.08 Å². The number of nitrogens with zero attached hydrogens (tertiary/aromatic N) is 3. The van der Waals surface area contributed by atoms with Gasteiger partial charge in [0.1, 0.15) is 6.10 Å². The fraction of sp³-hybridized carbons (Fsp3) is 0.353. The highest BCUT2D eigenvalue weighted by Crippen LogP contribution is 2.34. The van der Waals surface area contributed by atoms with Gasteiger partial charge in [-0.25, -0.2) is 0 Å². The van der Waals surface area contributed by atoms with Crippen LogP contribution in [0.15, 0.2) is 84.6 Å². The molecule has 3 aromatic carbocycles. The number of benzene rings is 3. The van der Waals surface area contributed by atoms with Gasteiger partial charge in [-0.1, -0.05) is 66.6 Å². The molecule has 0 aromatic heterocycles. The van der Waals surface area contributed by atoms with Gasteiger partial charge in [-0.3, -0.25) is 9.59 Å². The number of morpholine rings is 1. The number of rotatable bonds is 5. The van der Waals surface area contributed by atoms with Crippen molar-refractivity contribution in [2.75, 3.05) is 31.1 Å². The van der Waals surface area contributed by atoms with Crippen molar-refractivity contribution in [1.82, 2.24) is 9.80 Å². The van der Waals surface area contributed by atoms with Crippen molar-refractivity contribution in [2.24, 2.45) is 0 Å². The molecular weight excluding hydrogens is 498 g/mol. The van der Waals surface area contributed by atoms with E-state index in [-0.39, 0.29) is 24.0 Å². The van der Waals surface area contributed by atoms with Gasteiger partial charge >= 0.3 is 0 Å². The van der Waals surface area contributed by atoms with Crippen LogP contribution in [0.4, 0.5) is 5.69 Å². The molecule has 3 aromatic rings. The van der Waals surface area contributed by atoms with Crippen LogP contribution in [0.1, 0.15) is 52.7 Å². The minimum Gasteiger partial charge on any atom is -0.482 e. The Bertz CT molecular complexity index is 1380. The smallest absolute Gasteiger partial charge is 0.289 e. The molecule has 0 bridgehead atoms. The van der Waals surface area contributed by atoms with Crippen LogP contribution in [0.3, 0.4) is 0 Å². The normalized spacial score (nSPS) is 22.2. The SMILES string of the molecule is Cc1cccc(CN2C(=O)/C(=C\c3ccc(C(=O)N4CCN(c5ccccc5)CC4)cc3)OC3CCCCC32)c1. The summed E-state index contributed by atoms with van der Waals surface area (Å²) in [5, 5.41) is 0. The molecule has 2 unspecified atom stereocenters. The average Bonchev–Trinajstić information content (AvgIpc) is 3.00. The van der Waals surface area contributed by atoms with Crippen LogP contribution in [0.5, 0.6) is 0 Å². The number of hydrogen-bond acceptors (Lipinski definition) is 4. The van der Waals surface area contributed by atoms with E-state index in [2.05, 4.69) is 48.2 Å². The van der Waals surface area contributed by atoms with E-state index < -0.39 is 0 Å². The summed E-state index contributed by atoms with van der Waals surface area (Å²) in [6.45, 7) is 5.70. The fourth-order valence-corrected chi connectivity index (χ4v) is 6.23. The number of ether oxygens (including phenoxy) is 1. The largest absolute Gasteiger partial charge is 0.482 e. The molecule has 6 rings (SSSR count). The molecule has 2 atom stereocenters. The lowest BCUT2D eigenvalue weighted by Crippen LogP contribution is -2.54. The predicted molar refractivity (Wildman–Crippen MR) is 158 cm³/mol. The molecule has 3 fully saturated rings. The van der Waals surface area contributed by atoms with E-state index >= 15 is 0 Å². The molecule has 2 saturated heterocycles. The van der Waals surface area contributed by atoms with Crippen molar-refractivity contribution in [1.29, 1.82) is 0 Å². The Morgan fingerprint density at radius 2 is 1.65 bits per heavy atom. The predicted octanol–water partition coefficient (Wildman–Crippen LogP) is 5.67. The van der Waals surface area contributed by atoms with E-state index in [0.717, 1.165) is 49.9 Å². The van der Waals surface area contributed by atoms with Gasteiger partial charge in [-0.05, 0) is 67.7 Å². The minimum atomic E-state index is -0.0545. The van der Waals surface area contributed by atoms with Crippen molar-refractivity contribution in [3.05, 3.63) is 107 Å². The van der Waals surface area contributed by atoms with Crippen LogP contribution >= 0.6 is 0 Å². The molecule has 2 amide bonds. The first-order valence-corrected chi connectivity index (χ1v) is 14.5. The summed E-state index contributed by atoms with van der Waals surface area (Å²) in [5.74, 6) is 0.388. The van der Waals surface area contributed by atoms with Gasteiger partial charge in [-0.2, -0.15) is 0 Å². The number of fused-ring (bicyclic) bond motifs is 1. The maximum Gasteiger partial charge on any atom is 0.289 e. The van der Waals surface area contributed by atoms with E-state index in [1.807, 2.05) is 58.3 Å². The third-order valence-electron chi connectivity index (χ3n) is 8.40. The molecule has 6 nitrogen and oxygen atoms in total. The molecule has 6 heteroatoms. The zero-order valence-corrected chi connectivity index (χ0v) is 23.2. The summed E-state index contributed by atoms with van der Waals surface area (Å²) in [5.41, 5.74) is 5.06. The number of piperazine rings is 1. The Morgan fingerprint density at radius 1 is 0.900 bits per heavy atom. The zero-order chi connectivity index (χ0) is 27.5. The Morgan fingerprint density at radius 3 is 2.40 bits per heavy atom. The molecule has 2 heterocycles. The molecule has 0 N–H and O–H groups in total. The number of para-hydroxylation sites is 1. The Hall–Kier alpha value is -4.06. The van der Waals surface area contributed by atoms with E-state index in [0.29, 0.717) is 31.0 Å². The van der Waals surface area contributed by atoms with Crippen LogP contribution in [0, 0.1) is 6.92 Å². The zero-order valence-electron chi connectivity index (χ0n) is 23.2. The number of aryl methyl sites for hydroxylation is 1. The molecule has 0 spiro atoms. The minimum absolute atomic E-state index is 0.0258. The van der Waals surface area contributed by atoms with Gasteiger partial charge in [0.05, 0.1) is 6.04 Å². The van der Waals surface area contributed by atoms with Gasteiger partial charge in [0.25, 0.3) is 11.8 Å². The topological polar surface area (TPSA) is 53.1 Å². The Kier molecular flexibility index (Phi) is 7.58. The van der Waals surface area contributed by atoms with Crippen LogP contribution in [-0.4, -0.2) is 59.9 Å². The number of amides is 2. The first-order chi connectivity index (χ1) is 19.5. The monoisotopic (exact) mass is 535 g/mol.